The van der Waals surface area contributed by atoms with E-state index in [4.69, 9.17) is 9.47 Å². The van der Waals surface area contributed by atoms with Gasteiger partial charge in [0.15, 0.2) is 9.84 Å². The molecule has 34 heavy (non-hydrogen) atoms. The molecule has 0 unspecified atom stereocenters. The van der Waals surface area contributed by atoms with Gasteiger partial charge in [-0.15, -0.1) is 0 Å². The van der Waals surface area contributed by atoms with Crippen molar-refractivity contribution in [2.45, 2.75) is 11.3 Å². The Kier molecular flexibility index (Phi) is 6.39. The summed E-state index contributed by atoms with van der Waals surface area (Å²) in [6.45, 7) is 0. The average Bonchev–Trinajstić information content (AvgIpc) is 3.24. The van der Waals surface area contributed by atoms with Crippen LogP contribution in [0.2, 0.25) is 0 Å². The minimum Gasteiger partial charge on any atom is -0.497 e. The van der Waals surface area contributed by atoms with Gasteiger partial charge in [-0.05, 0) is 54.1 Å². The highest BCUT2D eigenvalue weighted by Crippen LogP contribution is 2.41. The number of aromatic nitrogens is 2. The maximum absolute atomic E-state index is 14.2. The highest BCUT2D eigenvalue weighted by atomic mass is 32.2. The second-order valence-corrected chi connectivity index (χ2v) is 9.56. The Morgan fingerprint density at radius 2 is 1.29 bits per heavy atom. The maximum Gasteiger partial charge on any atom is 0.282 e. The minimum absolute atomic E-state index is 0.131. The van der Waals surface area contributed by atoms with Crippen LogP contribution in [0.5, 0.6) is 11.5 Å². The zero-order valence-corrected chi connectivity index (χ0v) is 19.5. The maximum atomic E-state index is 14.2. The molecular formula is C25H22F2N2O4S. The molecule has 4 aromatic rings. The predicted octanol–water partition coefficient (Wildman–Crippen LogP) is 5.56. The highest BCUT2D eigenvalue weighted by Gasteiger charge is 2.27. The standard InChI is InChI=1S/C25H22F2N2O4S/c1-32-19-10-4-16(5-11-19)22-23(25(26)27)28-29(18-8-12-20(33-2)13-9-18)24(22)17-6-14-21(15-7-17)34(3,30)31/h4-15,25H,1-3H3. The molecule has 0 spiro atoms. The molecular weight excluding hydrogens is 462 g/mol. The van der Waals surface area contributed by atoms with Crippen LogP contribution in [0, 0.1) is 0 Å². The third-order valence-electron chi connectivity index (χ3n) is 5.37. The Morgan fingerprint density at radius 1 is 0.794 bits per heavy atom. The van der Waals surface area contributed by atoms with Gasteiger partial charge in [-0.25, -0.2) is 21.9 Å². The van der Waals surface area contributed by atoms with Gasteiger partial charge in [0.05, 0.1) is 30.5 Å². The topological polar surface area (TPSA) is 70.4 Å². The first kappa shape index (κ1) is 23.4. The van der Waals surface area contributed by atoms with E-state index >= 15 is 0 Å². The fourth-order valence-electron chi connectivity index (χ4n) is 3.67. The molecule has 0 atom stereocenters. The lowest BCUT2D eigenvalue weighted by Gasteiger charge is -2.12. The number of nitrogens with zero attached hydrogens (tertiary/aromatic N) is 2. The van der Waals surface area contributed by atoms with E-state index in [-0.39, 0.29) is 16.2 Å². The molecule has 3 aromatic carbocycles. The van der Waals surface area contributed by atoms with Gasteiger partial charge in [0.1, 0.15) is 17.2 Å². The van der Waals surface area contributed by atoms with Crippen LogP contribution in [0.15, 0.2) is 77.7 Å². The fourth-order valence-corrected chi connectivity index (χ4v) is 4.30. The Bertz CT molecular complexity index is 1400. The lowest BCUT2D eigenvalue weighted by molar-refractivity contribution is 0.146. The summed E-state index contributed by atoms with van der Waals surface area (Å²) in [6, 6.07) is 19.7. The molecule has 176 valence electrons. The predicted molar refractivity (Wildman–Crippen MR) is 126 cm³/mol. The molecule has 0 N–H and O–H groups in total. The van der Waals surface area contributed by atoms with Gasteiger partial charge in [-0.2, -0.15) is 5.10 Å². The molecule has 9 heteroatoms. The second kappa shape index (κ2) is 9.26. The van der Waals surface area contributed by atoms with Crippen molar-refractivity contribution in [2.75, 3.05) is 20.5 Å². The van der Waals surface area contributed by atoms with Crippen molar-refractivity contribution in [3.05, 3.63) is 78.5 Å². The zero-order chi connectivity index (χ0) is 24.5. The number of benzene rings is 3. The largest absolute Gasteiger partial charge is 0.497 e. The number of hydrogen-bond acceptors (Lipinski definition) is 5. The summed E-state index contributed by atoms with van der Waals surface area (Å²) in [4.78, 5) is 0.131. The van der Waals surface area contributed by atoms with E-state index in [9.17, 15) is 17.2 Å². The summed E-state index contributed by atoms with van der Waals surface area (Å²) in [6.07, 6.45) is -1.73. The van der Waals surface area contributed by atoms with E-state index in [2.05, 4.69) is 5.10 Å². The van der Waals surface area contributed by atoms with Crippen LogP contribution in [0.1, 0.15) is 12.1 Å². The Morgan fingerprint density at radius 3 is 1.76 bits per heavy atom. The first-order chi connectivity index (χ1) is 16.2. The summed E-state index contributed by atoms with van der Waals surface area (Å²) in [5, 5.41) is 4.28. The quantitative estimate of drug-likeness (QED) is 0.343. The number of hydrogen-bond donors (Lipinski definition) is 0. The lowest BCUT2D eigenvalue weighted by Crippen LogP contribution is -2.01. The van der Waals surface area contributed by atoms with Crippen molar-refractivity contribution in [3.8, 4) is 39.6 Å². The van der Waals surface area contributed by atoms with Crippen molar-refractivity contribution < 1.29 is 26.7 Å². The number of halogens is 2. The summed E-state index contributed by atoms with van der Waals surface area (Å²) in [5.74, 6) is 1.20. The van der Waals surface area contributed by atoms with Gasteiger partial charge in [0, 0.05) is 17.4 Å². The zero-order valence-electron chi connectivity index (χ0n) is 18.7. The lowest BCUT2D eigenvalue weighted by atomic mass is 9.98. The Balaban J connectivity index is 2.01. The summed E-state index contributed by atoms with van der Waals surface area (Å²) in [7, 11) is -0.360. The highest BCUT2D eigenvalue weighted by molar-refractivity contribution is 7.90. The number of rotatable bonds is 7. The molecule has 0 aliphatic carbocycles. The Hall–Kier alpha value is -3.72. The monoisotopic (exact) mass is 484 g/mol. The SMILES string of the molecule is COc1ccc(-c2c(C(F)F)nn(-c3ccc(OC)cc3)c2-c2ccc(S(C)(=O)=O)cc2)cc1. The molecule has 0 amide bonds. The van der Waals surface area contributed by atoms with Crippen LogP contribution in [0.3, 0.4) is 0 Å². The van der Waals surface area contributed by atoms with E-state index < -0.39 is 16.3 Å². The molecule has 1 heterocycles. The van der Waals surface area contributed by atoms with Crippen LogP contribution in [-0.2, 0) is 9.84 Å². The van der Waals surface area contributed by atoms with Gasteiger partial charge in [0.2, 0.25) is 0 Å². The van der Waals surface area contributed by atoms with E-state index in [1.165, 1.54) is 31.0 Å². The molecule has 0 radical (unpaired) electrons. The van der Waals surface area contributed by atoms with Crippen LogP contribution in [0.25, 0.3) is 28.1 Å². The van der Waals surface area contributed by atoms with Gasteiger partial charge >= 0.3 is 0 Å². The molecule has 0 saturated carbocycles. The van der Waals surface area contributed by atoms with Crippen molar-refractivity contribution >= 4 is 9.84 Å². The summed E-state index contributed by atoms with van der Waals surface area (Å²) < 4.78 is 64.2. The number of methoxy groups -OCH3 is 2. The number of sulfone groups is 1. The molecule has 0 saturated heterocycles. The van der Waals surface area contributed by atoms with E-state index in [0.29, 0.717) is 34.0 Å². The van der Waals surface area contributed by atoms with E-state index in [1.807, 2.05) is 0 Å². The van der Waals surface area contributed by atoms with Crippen molar-refractivity contribution in [1.29, 1.82) is 0 Å². The van der Waals surface area contributed by atoms with Crippen LogP contribution in [-0.4, -0.2) is 38.7 Å². The number of alkyl halides is 2. The normalized spacial score (nSPS) is 11.6. The van der Waals surface area contributed by atoms with Crippen LogP contribution < -0.4 is 9.47 Å². The molecule has 1 aromatic heterocycles. The number of ether oxygens (including phenoxy) is 2. The minimum atomic E-state index is -3.42. The van der Waals surface area contributed by atoms with Crippen molar-refractivity contribution in [2.24, 2.45) is 0 Å². The smallest absolute Gasteiger partial charge is 0.282 e. The molecule has 0 aliphatic heterocycles. The van der Waals surface area contributed by atoms with Crippen molar-refractivity contribution in [1.82, 2.24) is 9.78 Å². The third-order valence-corrected chi connectivity index (χ3v) is 6.50. The van der Waals surface area contributed by atoms with Gasteiger partial charge in [-0.1, -0.05) is 24.3 Å². The van der Waals surface area contributed by atoms with Gasteiger partial charge < -0.3 is 9.47 Å². The van der Waals surface area contributed by atoms with E-state index in [1.54, 1.807) is 60.7 Å². The summed E-state index contributed by atoms with van der Waals surface area (Å²) >= 11 is 0. The summed E-state index contributed by atoms with van der Waals surface area (Å²) in [5.41, 5.74) is 1.88. The Labute approximate surface area is 196 Å². The molecule has 6 nitrogen and oxygen atoms in total. The first-order valence-corrected chi connectivity index (χ1v) is 12.1. The second-order valence-electron chi connectivity index (χ2n) is 7.54. The average molecular weight is 485 g/mol. The third kappa shape index (κ3) is 4.51. The van der Waals surface area contributed by atoms with Crippen LogP contribution in [0.4, 0.5) is 8.78 Å². The van der Waals surface area contributed by atoms with Crippen molar-refractivity contribution in [3.63, 3.8) is 0 Å². The molecule has 4 rings (SSSR count). The molecule has 0 bridgehead atoms. The molecule has 0 fully saturated rings. The van der Waals surface area contributed by atoms with E-state index in [0.717, 1.165) is 6.26 Å². The fraction of sp³-hybridized carbons (Fsp3) is 0.160. The van der Waals surface area contributed by atoms with Gasteiger partial charge in [-0.3, -0.25) is 0 Å². The van der Waals surface area contributed by atoms with Crippen LogP contribution >= 0.6 is 0 Å². The first-order valence-electron chi connectivity index (χ1n) is 10.2. The van der Waals surface area contributed by atoms with Gasteiger partial charge in [0.25, 0.3) is 6.43 Å². The molecule has 0 aliphatic rings.